The van der Waals surface area contributed by atoms with Crippen molar-refractivity contribution in [2.75, 3.05) is 5.32 Å². The molecule has 22 heavy (non-hydrogen) atoms. The topological polar surface area (TPSA) is 38.3 Å². The van der Waals surface area contributed by atoms with Crippen LogP contribution in [0.15, 0.2) is 42.5 Å². The van der Waals surface area contributed by atoms with Gasteiger partial charge in [0.15, 0.2) is 0 Å². The highest BCUT2D eigenvalue weighted by atomic mass is 35.5. The van der Waals surface area contributed by atoms with Crippen LogP contribution >= 0.6 is 11.6 Å². The first-order valence-corrected chi connectivity index (χ1v) is 6.61. The van der Waals surface area contributed by atoms with E-state index in [1.54, 1.807) is 6.07 Å². The maximum absolute atomic E-state index is 13.6. The van der Waals surface area contributed by atoms with Gasteiger partial charge in [-0.15, -0.1) is 0 Å². The van der Waals surface area contributed by atoms with Crippen molar-refractivity contribution in [3.63, 3.8) is 0 Å². The van der Waals surface area contributed by atoms with E-state index >= 15 is 0 Å². The number of hydrogen-bond donors (Lipinski definition) is 1. The predicted molar refractivity (Wildman–Crippen MR) is 76.8 cm³/mol. The van der Waals surface area contributed by atoms with Crippen LogP contribution in [0.3, 0.4) is 0 Å². The molecule has 0 aliphatic rings. The number of para-hydroxylation sites is 2. The molecule has 0 spiro atoms. The van der Waals surface area contributed by atoms with Crippen LogP contribution in [0.4, 0.5) is 18.9 Å². The number of hydrogen-bond acceptors (Lipinski definition) is 2. The molecule has 116 valence electrons. The molecule has 3 nitrogen and oxygen atoms in total. The van der Waals surface area contributed by atoms with Crippen molar-refractivity contribution in [3.05, 3.63) is 58.9 Å². The Morgan fingerprint density at radius 1 is 1.18 bits per heavy atom. The number of rotatable bonds is 5. The van der Waals surface area contributed by atoms with Crippen molar-refractivity contribution < 1.29 is 22.7 Å². The number of nitrogens with one attached hydrogen (secondary N) is 1. The number of carbonyl (C=O) groups is 1. The van der Waals surface area contributed by atoms with E-state index in [2.05, 4.69) is 10.1 Å². The van der Waals surface area contributed by atoms with E-state index in [0.29, 0.717) is 0 Å². The van der Waals surface area contributed by atoms with Crippen molar-refractivity contribution in [2.24, 2.45) is 0 Å². The molecule has 0 aliphatic carbocycles. The second-order valence-corrected chi connectivity index (χ2v) is 4.71. The van der Waals surface area contributed by atoms with Gasteiger partial charge in [0.25, 0.3) is 0 Å². The van der Waals surface area contributed by atoms with E-state index in [0.717, 1.165) is 0 Å². The van der Waals surface area contributed by atoms with E-state index in [1.165, 1.54) is 36.4 Å². The van der Waals surface area contributed by atoms with Gasteiger partial charge in [-0.2, -0.15) is 8.78 Å². The first kappa shape index (κ1) is 16.2. The number of anilines is 1. The van der Waals surface area contributed by atoms with Crippen LogP contribution < -0.4 is 10.1 Å². The van der Waals surface area contributed by atoms with E-state index in [1.807, 2.05) is 0 Å². The zero-order valence-electron chi connectivity index (χ0n) is 11.2. The average Bonchev–Trinajstić information content (AvgIpc) is 2.45. The van der Waals surface area contributed by atoms with Gasteiger partial charge < -0.3 is 10.1 Å². The number of amides is 1. The normalized spacial score (nSPS) is 10.6. The van der Waals surface area contributed by atoms with Crippen molar-refractivity contribution >= 4 is 23.2 Å². The summed E-state index contributed by atoms with van der Waals surface area (Å²) in [6.07, 6.45) is -0.325. The Balaban J connectivity index is 2.13. The summed E-state index contributed by atoms with van der Waals surface area (Å²) in [7, 11) is 0. The third-order valence-corrected chi connectivity index (χ3v) is 3.13. The van der Waals surface area contributed by atoms with Crippen LogP contribution in [-0.2, 0) is 11.2 Å². The number of carbonyl (C=O) groups excluding carboxylic acids is 1. The van der Waals surface area contributed by atoms with E-state index in [9.17, 15) is 18.0 Å². The quantitative estimate of drug-likeness (QED) is 0.890. The molecule has 0 heterocycles. The molecular weight excluding hydrogens is 319 g/mol. The summed E-state index contributed by atoms with van der Waals surface area (Å²) in [6.45, 7) is -3.01. The lowest BCUT2D eigenvalue weighted by atomic mass is 10.1. The van der Waals surface area contributed by atoms with Crippen molar-refractivity contribution in [2.45, 2.75) is 13.0 Å². The highest BCUT2D eigenvalue weighted by molar-refractivity contribution is 6.31. The molecule has 0 aromatic heterocycles. The van der Waals surface area contributed by atoms with E-state index in [4.69, 9.17) is 11.6 Å². The zero-order chi connectivity index (χ0) is 16.1. The molecule has 0 fully saturated rings. The molecule has 1 N–H and O–H groups in total. The highest BCUT2D eigenvalue weighted by Crippen LogP contribution is 2.26. The lowest BCUT2D eigenvalue weighted by Gasteiger charge is -2.12. The summed E-state index contributed by atoms with van der Waals surface area (Å²) in [5.74, 6) is -1.39. The van der Waals surface area contributed by atoms with Gasteiger partial charge in [-0.25, -0.2) is 4.39 Å². The SMILES string of the molecule is O=C(Cc1c(F)cccc1Cl)Nc1ccccc1OC(F)F. The first-order chi connectivity index (χ1) is 10.5. The maximum atomic E-state index is 13.6. The summed E-state index contributed by atoms with van der Waals surface area (Å²) < 4.78 is 42.5. The van der Waals surface area contributed by atoms with Crippen LogP contribution in [0, 0.1) is 5.82 Å². The molecule has 0 saturated carbocycles. The molecule has 0 atom stereocenters. The fraction of sp³-hybridized carbons (Fsp3) is 0.133. The van der Waals surface area contributed by atoms with Gasteiger partial charge >= 0.3 is 6.61 Å². The third-order valence-electron chi connectivity index (χ3n) is 2.78. The Kier molecular flexibility index (Phi) is 5.27. The molecule has 0 bridgehead atoms. The molecule has 0 radical (unpaired) electrons. The van der Waals surface area contributed by atoms with Gasteiger partial charge in [0.05, 0.1) is 12.1 Å². The number of halogens is 4. The summed E-state index contributed by atoms with van der Waals surface area (Å²) in [6, 6.07) is 9.79. The first-order valence-electron chi connectivity index (χ1n) is 6.24. The summed E-state index contributed by atoms with van der Waals surface area (Å²) in [5.41, 5.74) is 0.106. The smallest absolute Gasteiger partial charge is 0.387 e. The molecule has 2 aromatic carbocycles. The molecule has 0 saturated heterocycles. The molecule has 2 aromatic rings. The highest BCUT2D eigenvalue weighted by Gasteiger charge is 2.15. The predicted octanol–water partition coefficient (Wildman–Crippen LogP) is 4.26. The molecular formula is C15H11ClF3NO2. The fourth-order valence-electron chi connectivity index (χ4n) is 1.82. The molecule has 0 aliphatic heterocycles. The monoisotopic (exact) mass is 329 g/mol. The Bertz CT molecular complexity index is 659. The maximum Gasteiger partial charge on any atom is 0.387 e. The van der Waals surface area contributed by atoms with Crippen LogP contribution in [0.1, 0.15) is 5.56 Å². The lowest BCUT2D eigenvalue weighted by molar-refractivity contribution is -0.115. The van der Waals surface area contributed by atoms with Crippen LogP contribution in [0.5, 0.6) is 5.75 Å². The van der Waals surface area contributed by atoms with Crippen LogP contribution in [0.25, 0.3) is 0 Å². The van der Waals surface area contributed by atoms with Gasteiger partial charge in [0.2, 0.25) is 5.91 Å². The molecule has 7 heteroatoms. The zero-order valence-corrected chi connectivity index (χ0v) is 11.9. The minimum atomic E-state index is -3.01. The largest absolute Gasteiger partial charge is 0.433 e. The second kappa shape index (κ2) is 7.17. The van der Waals surface area contributed by atoms with Gasteiger partial charge in [-0.05, 0) is 24.3 Å². The Labute approximate surface area is 129 Å². The van der Waals surface area contributed by atoms with Crippen molar-refractivity contribution in [1.82, 2.24) is 0 Å². The Morgan fingerprint density at radius 2 is 1.91 bits per heavy atom. The van der Waals surface area contributed by atoms with Gasteiger partial charge in [0, 0.05) is 10.6 Å². The number of benzene rings is 2. The number of ether oxygens (including phenoxy) is 1. The van der Waals surface area contributed by atoms with Gasteiger partial charge in [0.1, 0.15) is 11.6 Å². The third kappa shape index (κ3) is 4.14. The van der Waals surface area contributed by atoms with E-state index in [-0.39, 0.29) is 28.4 Å². The Morgan fingerprint density at radius 3 is 2.59 bits per heavy atom. The van der Waals surface area contributed by atoms with Gasteiger partial charge in [-0.3, -0.25) is 4.79 Å². The Hall–Kier alpha value is -2.21. The molecule has 0 unspecified atom stereocenters. The minimum absolute atomic E-state index is 0.0360. The fourth-order valence-corrected chi connectivity index (χ4v) is 2.05. The van der Waals surface area contributed by atoms with Gasteiger partial charge in [-0.1, -0.05) is 29.8 Å². The van der Waals surface area contributed by atoms with Crippen molar-refractivity contribution in [3.8, 4) is 5.75 Å². The van der Waals surface area contributed by atoms with Crippen LogP contribution in [0.2, 0.25) is 5.02 Å². The lowest BCUT2D eigenvalue weighted by Crippen LogP contribution is -2.16. The number of alkyl halides is 2. The molecule has 2 rings (SSSR count). The van der Waals surface area contributed by atoms with Crippen molar-refractivity contribution in [1.29, 1.82) is 0 Å². The van der Waals surface area contributed by atoms with Crippen LogP contribution in [-0.4, -0.2) is 12.5 Å². The summed E-state index contributed by atoms with van der Waals surface area (Å²) in [5, 5.41) is 2.51. The second-order valence-electron chi connectivity index (χ2n) is 4.30. The molecule has 1 amide bonds. The summed E-state index contributed by atoms with van der Waals surface area (Å²) >= 11 is 5.83. The minimum Gasteiger partial charge on any atom is -0.433 e. The summed E-state index contributed by atoms with van der Waals surface area (Å²) in [4.78, 5) is 11.9. The standard InChI is InChI=1S/C15H11ClF3NO2/c16-10-4-3-5-11(17)9(10)8-14(21)20-12-6-1-2-7-13(12)22-15(18)19/h1-7,15H,8H2,(H,20,21). The van der Waals surface area contributed by atoms with E-state index < -0.39 is 18.3 Å². The average molecular weight is 330 g/mol.